The Labute approximate surface area is 84.5 Å². The highest BCUT2D eigenvalue weighted by molar-refractivity contribution is 7.88. The molecule has 0 fully saturated rings. The third-order valence-corrected chi connectivity index (χ3v) is 2.66. The molecule has 0 radical (unpaired) electrons. The lowest BCUT2D eigenvalue weighted by Crippen LogP contribution is -1.91. The quantitative estimate of drug-likeness (QED) is 0.772. The molecule has 0 bridgehead atoms. The second-order valence-corrected chi connectivity index (χ2v) is 4.09. The molecule has 1 aromatic rings. The smallest absolute Gasteiger partial charge is 0.328 e. The average Bonchev–Trinajstić information content (AvgIpc) is 2.14. The molecule has 0 saturated carbocycles. The summed E-state index contributed by atoms with van der Waals surface area (Å²) in [4.78, 5) is 10.8. The van der Waals surface area contributed by atoms with Crippen LogP contribution < -0.4 is 0 Å². The van der Waals surface area contributed by atoms with Crippen molar-refractivity contribution in [2.24, 2.45) is 0 Å². The summed E-state index contributed by atoms with van der Waals surface area (Å²) >= 11 is 0. The molecule has 1 rings (SSSR count). The summed E-state index contributed by atoms with van der Waals surface area (Å²) in [7, 11) is -1.38. The van der Waals surface area contributed by atoms with Crippen molar-refractivity contribution in [2.45, 2.75) is 11.8 Å². The van der Waals surface area contributed by atoms with E-state index in [2.05, 4.69) is 0 Å². The molecule has 0 saturated heterocycles. The lowest BCUT2D eigenvalue weighted by molar-refractivity contribution is -0.131. The van der Waals surface area contributed by atoms with Crippen LogP contribution in [0, 0.1) is 6.92 Å². The Morgan fingerprint density at radius 1 is 1.50 bits per heavy atom. The van der Waals surface area contributed by atoms with Gasteiger partial charge in [0.2, 0.25) is 0 Å². The molecule has 0 aromatic heterocycles. The second-order valence-electron chi connectivity index (χ2n) is 2.75. The SMILES string of the molecule is Cc1cccc(S(=O)/C=C/C(=O)O)c1. The number of hydrogen-bond acceptors (Lipinski definition) is 2. The van der Waals surface area contributed by atoms with Crippen molar-refractivity contribution in [3.05, 3.63) is 41.3 Å². The molecular formula is C10H10O3S. The zero-order valence-electron chi connectivity index (χ0n) is 7.64. The van der Waals surface area contributed by atoms with Crippen LogP contribution >= 0.6 is 0 Å². The molecular weight excluding hydrogens is 200 g/mol. The van der Waals surface area contributed by atoms with E-state index < -0.39 is 16.8 Å². The number of carboxylic acids is 1. The normalized spacial score (nSPS) is 12.9. The lowest BCUT2D eigenvalue weighted by Gasteiger charge is -1.97. The van der Waals surface area contributed by atoms with E-state index >= 15 is 0 Å². The molecule has 1 unspecified atom stereocenters. The molecule has 0 spiro atoms. The standard InChI is InChI=1S/C10H10O3S/c1-8-3-2-4-9(7-8)14(13)6-5-10(11)12/h2-7H,1H3,(H,11,12)/b6-5+. The Morgan fingerprint density at radius 2 is 2.21 bits per heavy atom. The molecule has 1 N–H and O–H groups in total. The van der Waals surface area contributed by atoms with Crippen LogP contribution in [0.3, 0.4) is 0 Å². The van der Waals surface area contributed by atoms with E-state index in [4.69, 9.17) is 5.11 Å². The Kier molecular flexibility index (Phi) is 3.59. The number of carboxylic acid groups (broad SMARTS) is 1. The highest BCUT2D eigenvalue weighted by atomic mass is 32.2. The first-order valence-electron chi connectivity index (χ1n) is 3.98. The zero-order valence-corrected chi connectivity index (χ0v) is 8.45. The van der Waals surface area contributed by atoms with Crippen LogP contribution in [-0.4, -0.2) is 15.3 Å². The van der Waals surface area contributed by atoms with Crippen molar-refractivity contribution in [3.8, 4) is 0 Å². The van der Waals surface area contributed by atoms with Gasteiger partial charge >= 0.3 is 5.97 Å². The minimum absolute atomic E-state index is 0.613. The van der Waals surface area contributed by atoms with Crippen molar-refractivity contribution in [3.63, 3.8) is 0 Å². The minimum atomic E-state index is -1.38. The number of aryl methyl sites for hydroxylation is 1. The fraction of sp³-hybridized carbons (Fsp3) is 0.100. The van der Waals surface area contributed by atoms with Gasteiger partial charge in [-0.25, -0.2) is 9.00 Å². The van der Waals surface area contributed by atoms with Gasteiger partial charge < -0.3 is 5.11 Å². The fourth-order valence-corrected chi connectivity index (χ4v) is 1.85. The van der Waals surface area contributed by atoms with Crippen LogP contribution in [-0.2, 0) is 15.6 Å². The maximum atomic E-state index is 11.5. The Balaban J connectivity index is 2.85. The molecule has 1 aromatic carbocycles. The predicted octanol–water partition coefficient (Wildman–Crippen LogP) is 1.70. The molecule has 74 valence electrons. The van der Waals surface area contributed by atoms with Crippen molar-refractivity contribution < 1.29 is 14.1 Å². The van der Waals surface area contributed by atoms with Gasteiger partial charge in [0.1, 0.15) is 0 Å². The van der Waals surface area contributed by atoms with Crippen molar-refractivity contribution in [2.75, 3.05) is 0 Å². The predicted molar refractivity (Wildman–Crippen MR) is 54.4 cm³/mol. The lowest BCUT2D eigenvalue weighted by atomic mass is 10.2. The number of carbonyl (C=O) groups is 1. The summed E-state index contributed by atoms with van der Waals surface area (Å²) in [6.45, 7) is 1.89. The Hall–Kier alpha value is -1.42. The molecule has 14 heavy (non-hydrogen) atoms. The fourth-order valence-electron chi connectivity index (χ4n) is 0.939. The van der Waals surface area contributed by atoms with E-state index in [9.17, 15) is 9.00 Å². The summed E-state index contributed by atoms with van der Waals surface area (Å²) in [5.74, 6) is -1.09. The third-order valence-electron chi connectivity index (χ3n) is 1.56. The van der Waals surface area contributed by atoms with Gasteiger partial charge in [-0.1, -0.05) is 12.1 Å². The van der Waals surface area contributed by atoms with Crippen LogP contribution in [0.2, 0.25) is 0 Å². The second kappa shape index (κ2) is 4.72. The maximum absolute atomic E-state index is 11.5. The highest BCUT2D eigenvalue weighted by Gasteiger charge is 1.99. The van der Waals surface area contributed by atoms with Gasteiger partial charge in [0.05, 0.1) is 10.8 Å². The van der Waals surface area contributed by atoms with Gasteiger partial charge in [-0.2, -0.15) is 0 Å². The van der Waals surface area contributed by atoms with E-state index in [1.54, 1.807) is 18.2 Å². The number of rotatable bonds is 3. The highest BCUT2D eigenvalue weighted by Crippen LogP contribution is 2.09. The zero-order chi connectivity index (χ0) is 10.6. The van der Waals surface area contributed by atoms with Crippen LogP contribution in [0.25, 0.3) is 0 Å². The van der Waals surface area contributed by atoms with Crippen molar-refractivity contribution in [1.82, 2.24) is 0 Å². The summed E-state index contributed by atoms with van der Waals surface area (Å²) in [5, 5.41) is 9.51. The Bertz CT molecular complexity index is 396. The van der Waals surface area contributed by atoms with Gasteiger partial charge in [-0.05, 0) is 24.6 Å². The molecule has 0 aliphatic rings. The topological polar surface area (TPSA) is 54.4 Å². The first-order chi connectivity index (χ1) is 6.59. The van der Waals surface area contributed by atoms with Gasteiger partial charge in [0, 0.05) is 16.4 Å². The van der Waals surface area contributed by atoms with Crippen LogP contribution in [0.1, 0.15) is 5.56 Å². The van der Waals surface area contributed by atoms with E-state index in [1.165, 1.54) is 0 Å². The van der Waals surface area contributed by atoms with E-state index in [1.807, 2.05) is 13.0 Å². The van der Waals surface area contributed by atoms with Crippen LogP contribution in [0.15, 0.2) is 40.6 Å². The first-order valence-corrected chi connectivity index (χ1v) is 5.19. The largest absolute Gasteiger partial charge is 0.478 e. The van der Waals surface area contributed by atoms with Gasteiger partial charge in [-0.15, -0.1) is 0 Å². The van der Waals surface area contributed by atoms with E-state index in [-0.39, 0.29) is 0 Å². The molecule has 4 heteroatoms. The van der Waals surface area contributed by atoms with Gasteiger partial charge in [-0.3, -0.25) is 0 Å². The number of hydrogen-bond donors (Lipinski definition) is 1. The summed E-state index contributed by atoms with van der Waals surface area (Å²) in [6.07, 6.45) is 0.887. The summed E-state index contributed by atoms with van der Waals surface area (Å²) < 4.78 is 11.5. The number of benzene rings is 1. The van der Waals surface area contributed by atoms with Crippen LogP contribution in [0.5, 0.6) is 0 Å². The van der Waals surface area contributed by atoms with Crippen molar-refractivity contribution in [1.29, 1.82) is 0 Å². The molecule has 0 amide bonds. The van der Waals surface area contributed by atoms with E-state index in [0.717, 1.165) is 17.0 Å². The summed E-state index contributed by atoms with van der Waals surface area (Å²) in [6, 6.07) is 7.15. The molecule has 0 heterocycles. The van der Waals surface area contributed by atoms with E-state index in [0.29, 0.717) is 4.90 Å². The first kappa shape index (κ1) is 10.7. The van der Waals surface area contributed by atoms with Crippen molar-refractivity contribution >= 4 is 16.8 Å². The molecule has 0 aliphatic carbocycles. The van der Waals surface area contributed by atoms with Gasteiger partial charge in [0.25, 0.3) is 0 Å². The Morgan fingerprint density at radius 3 is 2.79 bits per heavy atom. The minimum Gasteiger partial charge on any atom is -0.478 e. The van der Waals surface area contributed by atoms with Crippen LogP contribution in [0.4, 0.5) is 0 Å². The van der Waals surface area contributed by atoms with Gasteiger partial charge in [0.15, 0.2) is 0 Å². The third kappa shape index (κ3) is 3.14. The number of aliphatic carboxylic acids is 1. The monoisotopic (exact) mass is 210 g/mol. The molecule has 1 atom stereocenters. The average molecular weight is 210 g/mol. The molecule has 0 aliphatic heterocycles. The molecule has 3 nitrogen and oxygen atoms in total. The maximum Gasteiger partial charge on any atom is 0.328 e. The summed E-state index contributed by atoms with van der Waals surface area (Å²) in [5.41, 5.74) is 1.000.